The monoisotopic (exact) mass is 298 g/mol. The molecule has 0 heterocycles. The highest BCUT2D eigenvalue weighted by Crippen LogP contribution is 2.39. The lowest BCUT2D eigenvalue weighted by molar-refractivity contribution is -0.360. The van der Waals surface area contributed by atoms with Gasteiger partial charge in [-0.15, -0.1) is 0 Å². The molecule has 0 amide bonds. The van der Waals surface area contributed by atoms with Gasteiger partial charge in [-0.2, -0.15) is 22.0 Å². The Labute approximate surface area is 101 Å². The normalized spacial score (nSPS) is 12.7. The molecule has 0 spiro atoms. The Morgan fingerprint density at radius 1 is 0.941 bits per heavy atom. The molecule has 0 atom stereocenters. The first-order valence-electron chi connectivity index (χ1n) is 3.82. The molecule has 9 heteroatoms. The first kappa shape index (κ1) is 14.2. The summed E-state index contributed by atoms with van der Waals surface area (Å²) in [5.74, 6) is -2.14. The molecule has 96 valence electrons. The lowest BCUT2D eigenvalue weighted by Crippen LogP contribution is -2.41. The number of ether oxygens (including phenoxy) is 1. The minimum atomic E-state index is -5.90. The molecule has 0 N–H and O–H groups in total. The molecule has 1 nitrogen and oxygen atoms in total. The Morgan fingerprint density at radius 2 is 1.35 bits per heavy atom. The summed E-state index contributed by atoms with van der Waals surface area (Å²) in [6, 6.07) is 0.921. The van der Waals surface area contributed by atoms with Crippen LogP contribution < -0.4 is 4.74 Å². The number of rotatable bonds is 2. The second-order valence-corrected chi connectivity index (χ2v) is 3.63. The van der Waals surface area contributed by atoms with Gasteiger partial charge in [-0.25, -0.2) is 4.39 Å². The van der Waals surface area contributed by atoms with E-state index in [4.69, 9.17) is 23.2 Å². The first-order valence-corrected chi connectivity index (χ1v) is 4.58. The van der Waals surface area contributed by atoms with E-state index >= 15 is 0 Å². The summed E-state index contributed by atoms with van der Waals surface area (Å²) in [4.78, 5) is 0. The van der Waals surface area contributed by atoms with E-state index < -0.39 is 33.9 Å². The fourth-order valence-corrected chi connectivity index (χ4v) is 1.26. The molecular formula is C8H2Cl2F6O. The van der Waals surface area contributed by atoms with Gasteiger partial charge in [0.25, 0.3) is 0 Å². The predicted molar refractivity (Wildman–Crippen MR) is 48.1 cm³/mol. The molecule has 0 unspecified atom stereocenters. The zero-order valence-electron chi connectivity index (χ0n) is 7.59. The quantitative estimate of drug-likeness (QED) is 0.570. The maximum atomic E-state index is 12.8. The second kappa shape index (κ2) is 4.45. The second-order valence-electron chi connectivity index (χ2n) is 2.82. The molecule has 0 aliphatic rings. The lowest BCUT2D eigenvalue weighted by atomic mass is 10.3. The van der Waals surface area contributed by atoms with Gasteiger partial charge in [-0.05, 0) is 0 Å². The Hall–Kier alpha value is -0.820. The molecular weight excluding hydrogens is 297 g/mol. The van der Waals surface area contributed by atoms with Crippen LogP contribution in [0, 0.1) is 5.82 Å². The van der Waals surface area contributed by atoms with Crippen LogP contribution in [-0.2, 0) is 0 Å². The van der Waals surface area contributed by atoms with Crippen LogP contribution in [0.1, 0.15) is 0 Å². The summed E-state index contributed by atoms with van der Waals surface area (Å²) >= 11 is 10.4. The van der Waals surface area contributed by atoms with E-state index in [2.05, 4.69) is 4.74 Å². The molecule has 0 radical (unpaired) electrons. The van der Waals surface area contributed by atoms with Gasteiger partial charge < -0.3 is 4.74 Å². The van der Waals surface area contributed by atoms with Gasteiger partial charge in [0.2, 0.25) is 0 Å². The number of hydrogen-bond acceptors (Lipinski definition) is 1. The SMILES string of the molecule is Fc1c(Cl)cc(OC(F)(F)C(F)(F)F)cc1Cl. The zero-order valence-corrected chi connectivity index (χ0v) is 9.10. The summed E-state index contributed by atoms with van der Waals surface area (Å²) in [6.07, 6.45) is -11.3. The van der Waals surface area contributed by atoms with E-state index in [1.165, 1.54) is 0 Å². The standard InChI is InChI=1S/C8H2Cl2F6O/c9-4-1-3(2-5(10)6(4)11)17-8(15,16)7(12,13)14/h1-2H. The minimum absolute atomic E-state index is 0.461. The van der Waals surface area contributed by atoms with E-state index in [1.54, 1.807) is 0 Å². The fourth-order valence-electron chi connectivity index (χ4n) is 0.797. The van der Waals surface area contributed by atoms with Gasteiger partial charge in [0.05, 0.1) is 10.0 Å². The van der Waals surface area contributed by atoms with Crippen LogP contribution in [0.3, 0.4) is 0 Å². The van der Waals surface area contributed by atoms with Crippen molar-refractivity contribution in [1.82, 2.24) is 0 Å². The highest BCUT2D eigenvalue weighted by molar-refractivity contribution is 6.35. The first-order chi connectivity index (χ1) is 7.54. The number of benzene rings is 1. The molecule has 0 aliphatic carbocycles. The van der Waals surface area contributed by atoms with Crippen molar-refractivity contribution in [2.75, 3.05) is 0 Å². The van der Waals surface area contributed by atoms with Crippen LogP contribution >= 0.6 is 23.2 Å². The van der Waals surface area contributed by atoms with E-state index in [9.17, 15) is 26.3 Å². The zero-order chi connectivity index (χ0) is 13.4. The van der Waals surface area contributed by atoms with Crippen LogP contribution in [-0.4, -0.2) is 12.3 Å². The third kappa shape index (κ3) is 3.10. The number of alkyl halides is 5. The third-order valence-electron chi connectivity index (χ3n) is 1.53. The predicted octanol–water partition coefficient (Wildman–Crippen LogP) is 4.67. The molecule has 1 aromatic rings. The van der Waals surface area contributed by atoms with Gasteiger partial charge in [-0.1, -0.05) is 23.2 Å². The van der Waals surface area contributed by atoms with Crippen LogP contribution in [0.2, 0.25) is 10.0 Å². The number of halogens is 8. The topological polar surface area (TPSA) is 9.23 Å². The molecule has 1 aromatic carbocycles. The Bertz CT molecular complexity index is 408. The largest absolute Gasteiger partial charge is 0.499 e. The van der Waals surface area contributed by atoms with Crippen molar-refractivity contribution in [2.24, 2.45) is 0 Å². The van der Waals surface area contributed by atoms with Crippen LogP contribution in [0.25, 0.3) is 0 Å². The molecule has 0 saturated carbocycles. The highest BCUT2D eigenvalue weighted by atomic mass is 35.5. The van der Waals surface area contributed by atoms with Crippen molar-refractivity contribution in [3.63, 3.8) is 0 Å². The van der Waals surface area contributed by atoms with E-state index in [1.807, 2.05) is 0 Å². The average Bonchev–Trinajstić information content (AvgIpc) is 2.11. The number of hydrogen-bond donors (Lipinski definition) is 0. The Morgan fingerprint density at radius 3 is 1.71 bits per heavy atom. The molecule has 0 fully saturated rings. The minimum Gasteiger partial charge on any atom is -0.426 e. The van der Waals surface area contributed by atoms with Crippen molar-refractivity contribution >= 4 is 23.2 Å². The maximum absolute atomic E-state index is 12.8. The van der Waals surface area contributed by atoms with Crippen LogP contribution in [0.5, 0.6) is 5.75 Å². The molecule has 0 saturated heterocycles. The van der Waals surface area contributed by atoms with Crippen molar-refractivity contribution in [3.05, 3.63) is 28.0 Å². The van der Waals surface area contributed by atoms with E-state index in [-0.39, 0.29) is 0 Å². The summed E-state index contributed by atoms with van der Waals surface area (Å²) in [7, 11) is 0. The lowest BCUT2D eigenvalue weighted by Gasteiger charge is -2.20. The van der Waals surface area contributed by atoms with Crippen molar-refractivity contribution in [2.45, 2.75) is 12.3 Å². The smallest absolute Gasteiger partial charge is 0.426 e. The van der Waals surface area contributed by atoms with E-state index in [0.29, 0.717) is 12.1 Å². The van der Waals surface area contributed by atoms with Crippen molar-refractivity contribution in [1.29, 1.82) is 0 Å². The fraction of sp³-hybridized carbons (Fsp3) is 0.250. The molecule has 1 rings (SSSR count). The van der Waals surface area contributed by atoms with Gasteiger partial charge in [-0.3, -0.25) is 0 Å². The van der Waals surface area contributed by atoms with Gasteiger partial charge in [0.15, 0.2) is 5.82 Å². The maximum Gasteiger partial charge on any atom is 0.499 e. The van der Waals surface area contributed by atoms with Crippen LogP contribution in [0.4, 0.5) is 26.3 Å². The molecule has 0 aliphatic heterocycles. The van der Waals surface area contributed by atoms with Gasteiger partial charge in [0, 0.05) is 12.1 Å². The van der Waals surface area contributed by atoms with Crippen LogP contribution in [0.15, 0.2) is 12.1 Å². The van der Waals surface area contributed by atoms with Gasteiger partial charge in [0.1, 0.15) is 5.75 Å². The highest BCUT2D eigenvalue weighted by Gasteiger charge is 2.61. The molecule has 17 heavy (non-hydrogen) atoms. The van der Waals surface area contributed by atoms with Crippen molar-refractivity contribution in [3.8, 4) is 5.75 Å². The summed E-state index contributed by atoms with van der Waals surface area (Å²) in [5, 5.41) is -1.46. The van der Waals surface area contributed by atoms with E-state index in [0.717, 1.165) is 0 Å². The molecule has 0 aromatic heterocycles. The summed E-state index contributed by atoms with van der Waals surface area (Å²) in [5.41, 5.74) is 0. The summed E-state index contributed by atoms with van der Waals surface area (Å²) < 4.78 is 76.5. The van der Waals surface area contributed by atoms with Crippen molar-refractivity contribution < 1.29 is 31.1 Å². The average molecular weight is 299 g/mol. The Kier molecular flexibility index (Phi) is 3.73. The summed E-state index contributed by atoms with van der Waals surface area (Å²) in [6.45, 7) is 0. The van der Waals surface area contributed by atoms with Gasteiger partial charge >= 0.3 is 12.3 Å². The molecule has 0 bridgehead atoms. The Balaban J connectivity index is 3.05. The third-order valence-corrected chi connectivity index (χ3v) is 2.08.